The monoisotopic (exact) mass is 547 g/mol. The molecule has 0 aliphatic carbocycles. The fourth-order valence-electron chi connectivity index (χ4n) is 3.67. The predicted octanol–water partition coefficient (Wildman–Crippen LogP) is 1.56. The summed E-state index contributed by atoms with van der Waals surface area (Å²) >= 11 is 0.425. The number of allylic oxidation sites excluding steroid dienone is 1. The summed E-state index contributed by atoms with van der Waals surface area (Å²) in [4.78, 5) is 11.5. The number of ketones is 1. The molecule has 0 amide bonds. The number of hydrogen-bond donors (Lipinski definition) is 3. The van der Waals surface area contributed by atoms with Gasteiger partial charge in [0.15, 0.2) is 0 Å². The fraction of sp³-hybridized carbons (Fsp3) is 0.423. The van der Waals surface area contributed by atoms with Crippen LogP contribution < -0.4 is 32.1 Å². The van der Waals surface area contributed by atoms with Crippen LogP contribution in [0.3, 0.4) is 0 Å². The molecule has 5 nitrogen and oxygen atoms in total. The smallest absolute Gasteiger partial charge is 0.505 e. The first-order valence-electron chi connectivity index (χ1n) is 11.1. The molecule has 0 atom stereocenters. The summed E-state index contributed by atoms with van der Waals surface area (Å²) in [6.45, 7) is 7.74. The number of phenols is 1. The normalized spacial score (nSPS) is 14.9. The van der Waals surface area contributed by atoms with Crippen LogP contribution in [0.5, 0.6) is 5.75 Å². The molecule has 3 rings (SSSR count). The summed E-state index contributed by atoms with van der Waals surface area (Å²) in [5, 5.41) is 18.4. The van der Waals surface area contributed by atoms with Crippen LogP contribution in [0, 0.1) is 0 Å². The molecular weight excluding hydrogens is 513 g/mol. The third-order valence-corrected chi connectivity index (χ3v) is 8.17. The van der Waals surface area contributed by atoms with E-state index in [-0.39, 0.29) is 16.9 Å². The second kappa shape index (κ2) is 10.6. The Morgan fingerprint density at radius 3 is 2.56 bits per heavy atom. The molecule has 1 aliphatic rings. The average Bonchev–Trinajstić information content (AvgIpc) is 2.73. The molecule has 4 N–H and O–H groups in total. The molecule has 6 heteroatoms. The minimum absolute atomic E-state index is 0.143. The molecule has 1 heterocycles. The van der Waals surface area contributed by atoms with Crippen molar-refractivity contribution in [3.8, 4) is 5.75 Å². The van der Waals surface area contributed by atoms with Gasteiger partial charge in [0.1, 0.15) is 5.78 Å². The molecule has 0 bridgehead atoms. The number of halogens is 1. The molecule has 1 saturated heterocycles. The molecule has 0 unspecified atom stereocenters. The van der Waals surface area contributed by atoms with E-state index in [2.05, 4.69) is 22.4 Å². The Balaban J connectivity index is 1.89. The SMILES string of the molecule is CC(=O)CCc1cc(N=[NH+]c2ccc(C=C3CC[I-]CC3)cc2N)c(O)c(C(C)(C)C)c1. The first-order valence-corrected chi connectivity index (χ1v) is 14.1. The van der Waals surface area contributed by atoms with Gasteiger partial charge in [0.05, 0.1) is 0 Å². The van der Waals surface area contributed by atoms with Gasteiger partial charge >= 0.3 is 123 Å². The molecule has 1 aliphatic heterocycles. The number of nitrogens with two attached hydrogens (primary N) is 1. The van der Waals surface area contributed by atoms with Crippen LogP contribution in [-0.2, 0) is 16.6 Å². The molecule has 0 radical (unpaired) electrons. The summed E-state index contributed by atoms with van der Waals surface area (Å²) < 4.78 is 2.76. The van der Waals surface area contributed by atoms with E-state index in [1.165, 1.54) is 27.3 Å². The topological polar surface area (TPSA) is 89.7 Å². The van der Waals surface area contributed by atoms with E-state index in [0.29, 0.717) is 51.1 Å². The Hall–Kier alpha value is -2.22. The van der Waals surface area contributed by atoms with Gasteiger partial charge in [-0.2, -0.15) is 0 Å². The van der Waals surface area contributed by atoms with Crippen LogP contribution in [0.15, 0.2) is 41.0 Å². The van der Waals surface area contributed by atoms with E-state index >= 15 is 0 Å². The van der Waals surface area contributed by atoms with E-state index in [9.17, 15) is 9.90 Å². The van der Waals surface area contributed by atoms with Gasteiger partial charge in [0, 0.05) is 12.0 Å². The fourth-order valence-corrected chi connectivity index (χ4v) is 6.36. The first kappa shape index (κ1) is 24.4. The number of Topliss-reactive ketones (excluding diaryl/α,β-unsaturated/α-hetero) is 1. The number of phenolic OH excluding ortho intramolecular Hbond substituents is 1. The second-order valence-corrected chi connectivity index (χ2v) is 12.6. The summed E-state index contributed by atoms with van der Waals surface area (Å²) in [7, 11) is 0. The summed E-state index contributed by atoms with van der Waals surface area (Å²) in [6.07, 6.45) is 5.79. The molecule has 1 fully saturated rings. The van der Waals surface area contributed by atoms with Crippen LogP contribution in [0.1, 0.15) is 63.6 Å². The molecule has 172 valence electrons. The number of nitrogens with one attached hydrogen (secondary N) is 1. The number of benzene rings is 2. The van der Waals surface area contributed by atoms with Gasteiger partial charge in [-0.1, -0.05) is 26.8 Å². The number of hydrogen-bond acceptors (Lipinski definition) is 4. The standard InChI is InChI=1S/C26H33IN3O2/c1-17(31)5-6-20-14-21(26(2,3)4)25(32)24(16-20)30-29-23-8-7-19(15-22(23)28)13-18-9-11-27-12-10-18/h7-8,13-16,32H,5-6,9-12,28H2,1-4H3/q-1/p+1. The number of aromatic hydroxyl groups is 1. The van der Waals surface area contributed by atoms with Gasteiger partial charge < -0.3 is 9.90 Å². The van der Waals surface area contributed by atoms with Gasteiger partial charge in [0.2, 0.25) is 0 Å². The van der Waals surface area contributed by atoms with Crippen LogP contribution >= 0.6 is 0 Å². The Morgan fingerprint density at radius 1 is 1.22 bits per heavy atom. The summed E-state index contributed by atoms with van der Waals surface area (Å²) in [5.74, 6) is 0.293. The number of carbonyl (C=O) groups is 1. The Labute approximate surface area is 201 Å². The number of rotatable bonds is 6. The van der Waals surface area contributed by atoms with Crippen molar-refractivity contribution in [3.05, 3.63) is 52.6 Å². The van der Waals surface area contributed by atoms with Crippen molar-refractivity contribution in [2.45, 2.75) is 58.8 Å². The number of alkyl halides is 2. The number of anilines is 1. The molecule has 0 saturated carbocycles. The Kier molecular flexibility index (Phi) is 8.09. The van der Waals surface area contributed by atoms with Crippen molar-refractivity contribution < 1.29 is 36.2 Å². The van der Waals surface area contributed by atoms with E-state index in [4.69, 9.17) is 5.73 Å². The molecule has 0 aromatic heterocycles. The maximum atomic E-state index is 11.5. The van der Waals surface area contributed by atoms with Crippen LogP contribution in [0.4, 0.5) is 17.1 Å². The molecular formula is C26H34IN3O2. The minimum Gasteiger partial charge on any atom is -0.505 e. The summed E-state index contributed by atoms with van der Waals surface area (Å²) in [5.41, 5.74) is 12.2. The van der Waals surface area contributed by atoms with Gasteiger partial charge in [-0.05, 0) is 24.3 Å². The number of azo groups is 1. The molecule has 2 aromatic carbocycles. The minimum atomic E-state index is -0.254. The van der Waals surface area contributed by atoms with Gasteiger partial charge in [-0.3, -0.25) is 0 Å². The van der Waals surface area contributed by atoms with Crippen LogP contribution in [0.2, 0.25) is 0 Å². The second-order valence-electron chi connectivity index (χ2n) is 9.40. The van der Waals surface area contributed by atoms with Gasteiger partial charge in [0.25, 0.3) is 0 Å². The maximum absolute atomic E-state index is 11.5. The van der Waals surface area contributed by atoms with Crippen molar-refractivity contribution in [2.24, 2.45) is 5.11 Å². The number of carbonyl (C=O) groups excluding carboxylic acids is 1. The van der Waals surface area contributed by atoms with E-state index in [1.807, 2.05) is 45.0 Å². The van der Waals surface area contributed by atoms with Crippen LogP contribution in [-0.4, -0.2) is 19.7 Å². The van der Waals surface area contributed by atoms with Crippen molar-refractivity contribution in [3.63, 3.8) is 0 Å². The zero-order valence-corrected chi connectivity index (χ0v) is 21.6. The number of nitrogen functional groups attached to an aromatic ring is 1. The van der Waals surface area contributed by atoms with Gasteiger partial charge in [-0.15, -0.1) is 0 Å². The summed E-state index contributed by atoms with van der Waals surface area (Å²) in [6, 6.07) is 9.76. The molecule has 0 spiro atoms. The van der Waals surface area contributed by atoms with Gasteiger partial charge in [-0.25, -0.2) is 0 Å². The molecule has 2 aromatic rings. The Bertz CT molecular complexity index is 1040. The van der Waals surface area contributed by atoms with E-state index in [0.717, 1.165) is 16.7 Å². The zero-order valence-electron chi connectivity index (χ0n) is 19.5. The van der Waals surface area contributed by atoms with Crippen molar-refractivity contribution >= 4 is 28.9 Å². The third kappa shape index (κ3) is 6.64. The Morgan fingerprint density at radius 2 is 1.94 bits per heavy atom. The predicted molar refractivity (Wildman–Crippen MR) is 126 cm³/mol. The average molecular weight is 547 g/mol. The molecule has 32 heavy (non-hydrogen) atoms. The van der Waals surface area contributed by atoms with Crippen LogP contribution in [0.25, 0.3) is 6.08 Å². The van der Waals surface area contributed by atoms with E-state index < -0.39 is 0 Å². The van der Waals surface area contributed by atoms with Crippen molar-refractivity contribution in [2.75, 3.05) is 14.6 Å². The number of aryl methyl sites for hydroxylation is 1. The number of nitrogens with zero attached hydrogens (tertiary/aromatic N) is 1. The van der Waals surface area contributed by atoms with Crippen molar-refractivity contribution in [1.29, 1.82) is 0 Å². The zero-order chi connectivity index (χ0) is 23.3. The first-order chi connectivity index (χ1) is 15.1. The van der Waals surface area contributed by atoms with Crippen molar-refractivity contribution in [1.82, 2.24) is 0 Å². The quantitative estimate of drug-likeness (QED) is 0.222. The third-order valence-electron chi connectivity index (χ3n) is 5.57. The van der Waals surface area contributed by atoms with E-state index in [1.54, 1.807) is 6.92 Å².